The number of halogens is 1. The van der Waals surface area contributed by atoms with Crippen LogP contribution in [0, 0.1) is 0 Å². The molecule has 1 aliphatic carbocycles. The lowest BCUT2D eigenvalue weighted by atomic mass is 9.77. The number of furan rings is 1. The molecule has 0 amide bonds. The highest BCUT2D eigenvalue weighted by Gasteiger charge is 2.36. The van der Waals surface area contributed by atoms with E-state index in [1.54, 1.807) is 32.1 Å². The largest absolute Gasteiger partial charge is 0.464 e. The van der Waals surface area contributed by atoms with Gasteiger partial charge in [-0.15, -0.1) is 0 Å². The van der Waals surface area contributed by atoms with Crippen molar-refractivity contribution in [1.29, 1.82) is 0 Å². The highest BCUT2D eigenvalue weighted by Crippen LogP contribution is 2.32. The number of hydrogen-bond acceptors (Lipinski definition) is 4. The number of carbonyl (C=O) groups is 3. The third-order valence-corrected chi connectivity index (χ3v) is 4.02. The van der Waals surface area contributed by atoms with Crippen LogP contribution in [0.25, 0.3) is 5.47 Å². The highest BCUT2D eigenvalue weighted by molar-refractivity contribution is 6.60. The average molecular weight is 325 g/mol. The predicted molar refractivity (Wildman–Crippen MR) is 88.6 cm³/mol. The second-order valence-electron chi connectivity index (χ2n) is 5.09. The quantitative estimate of drug-likeness (QED) is 0.494. The van der Waals surface area contributed by atoms with E-state index < -0.39 is 17.3 Å². The van der Waals surface area contributed by atoms with Gasteiger partial charge in [0.15, 0.2) is 5.78 Å². The third-order valence-electron chi connectivity index (χ3n) is 3.77. The van der Waals surface area contributed by atoms with Crippen LogP contribution in [-0.4, -0.2) is 25.2 Å². The number of benzene rings is 1. The fraction of sp³-hybridized carbons (Fsp3) is 0. The van der Waals surface area contributed by atoms with Crippen LogP contribution < -0.4 is 0 Å². The van der Waals surface area contributed by atoms with E-state index in [-0.39, 0.29) is 22.5 Å². The van der Waals surface area contributed by atoms with Crippen LogP contribution in [0.1, 0.15) is 32.0 Å². The molecule has 0 bridgehead atoms. The minimum Gasteiger partial charge on any atom is -0.464 e. The Morgan fingerprint density at radius 2 is 1.83 bits per heavy atom. The molecule has 23 heavy (non-hydrogen) atoms. The molecule has 0 fully saturated rings. The van der Waals surface area contributed by atoms with Crippen molar-refractivity contribution in [3.8, 4) is 0 Å². The van der Waals surface area contributed by atoms with E-state index in [0.29, 0.717) is 16.1 Å². The molecule has 0 N–H and O–H groups in total. The van der Waals surface area contributed by atoms with Gasteiger partial charge in [0.1, 0.15) is 19.9 Å². The zero-order valence-corrected chi connectivity index (χ0v) is 12.9. The van der Waals surface area contributed by atoms with Crippen LogP contribution >= 0.6 is 11.6 Å². The Morgan fingerprint density at radius 1 is 1.17 bits per heavy atom. The summed E-state index contributed by atoms with van der Waals surface area (Å²) >= 11 is 5.81. The van der Waals surface area contributed by atoms with E-state index in [9.17, 15) is 14.4 Å². The minimum atomic E-state index is -0.758. The van der Waals surface area contributed by atoms with Gasteiger partial charge >= 0.3 is 0 Å². The number of ketones is 3. The summed E-state index contributed by atoms with van der Waals surface area (Å²) in [6.07, 6.45) is 2.53. The molecule has 0 unspecified atom stereocenters. The SMILES string of the molecule is BC1=C(C=C)C(=O)C(=O)c2c(C(=O)c3ccc(Cl)cc3)coc21. The normalized spacial score (nSPS) is 14.0. The average Bonchev–Trinajstić information content (AvgIpc) is 2.98. The molecule has 0 saturated carbocycles. The van der Waals surface area contributed by atoms with Gasteiger partial charge in [-0.1, -0.05) is 24.3 Å². The van der Waals surface area contributed by atoms with Crippen molar-refractivity contribution in [3.05, 3.63) is 76.2 Å². The molecule has 3 rings (SSSR count). The van der Waals surface area contributed by atoms with Gasteiger partial charge in [0.25, 0.3) is 0 Å². The number of Topliss-reactive ketones (excluding diaryl/α,β-unsaturated/α-hetero) is 2. The number of rotatable bonds is 3. The Labute approximate surface area is 137 Å². The van der Waals surface area contributed by atoms with E-state index >= 15 is 0 Å². The lowest BCUT2D eigenvalue weighted by Crippen LogP contribution is -2.24. The van der Waals surface area contributed by atoms with E-state index in [1.807, 2.05) is 0 Å². The lowest BCUT2D eigenvalue weighted by molar-refractivity contribution is -0.111. The first kappa shape index (κ1) is 15.2. The van der Waals surface area contributed by atoms with Crippen LogP contribution in [0.2, 0.25) is 5.02 Å². The van der Waals surface area contributed by atoms with Gasteiger partial charge in [-0.25, -0.2) is 0 Å². The van der Waals surface area contributed by atoms with Crippen LogP contribution in [0.5, 0.6) is 0 Å². The molecule has 1 aromatic heterocycles. The number of carbonyl (C=O) groups excluding carboxylic acids is 3. The molecular formula is C17H10BClO4. The van der Waals surface area contributed by atoms with Gasteiger partial charge in [-0.05, 0) is 29.7 Å². The summed E-state index contributed by atoms with van der Waals surface area (Å²) < 4.78 is 5.39. The Balaban J connectivity index is 2.16. The molecule has 4 nitrogen and oxygen atoms in total. The summed E-state index contributed by atoms with van der Waals surface area (Å²) in [5.41, 5.74) is 1.13. The van der Waals surface area contributed by atoms with Crippen molar-refractivity contribution in [3.63, 3.8) is 0 Å². The molecule has 1 heterocycles. The lowest BCUT2D eigenvalue weighted by Gasteiger charge is -2.13. The standard InChI is InChI=1S/C17H10BClO4/c1-2-10-13(18)17-12(16(22)15(10)21)11(7-23-17)14(20)8-3-5-9(19)6-4-8/h2-7H,1,18H2. The molecular weight excluding hydrogens is 314 g/mol. The summed E-state index contributed by atoms with van der Waals surface area (Å²) in [5.74, 6) is -1.60. The number of allylic oxidation sites excluding steroid dienone is 2. The fourth-order valence-electron chi connectivity index (χ4n) is 2.56. The number of fused-ring (bicyclic) bond motifs is 1. The van der Waals surface area contributed by atoms with Crippen LogP contribution in [-0.2, 0) is 4.79 Å². The highest BCUT2D eigenvalue weighted by atomic mass is 35.5. The molecule has 1 aliphatic rings. The summed E-state index contributed by atoms with van der Waals surface area (Å²) in [7, 11) is 1.65. The van der Waals surface area contributed by atoms with Crippen molar-refractivity contribution in [2.75, 3.05) is 0 Å². The second-order valence-corrected chi connectivity index (χ2v) is 5.53. The predicted octanol–water partition coefficient (Wildman–Crippen LogP) is 2.46. The second kappa shape index (κ2) is 5.52. The topological polar surface area (TPSA) is 64.3 Å². The third kappa shape index (κ3) is 2.30. The molecule has 1 aromatic carbocycles. The maximum absolute atomic E-state index is 12.6. The van der Waals surface area contributed by atoms with Crippen molar-refractivity contribution in [2.24, 2.45) is 0 Å². The zero-order valence-electron chi connectivity index (χ0n) is 12.2. The van der Waals surface area contributed by atoms with Gasteiger partial charge in [-0.3, -0.25) is 14.4 Å². The maximum atomic E-state index is 12.6. The van der Waals surface area contributed by atoms with Gasteiger partial charge < -0.3 is 4.42 Å². The molecule has 112 valence electrons. The van der Waals surface area contributed by atoms with E-state index in [2.05, 4.69) is 6.58 Å². The fourth-order valence-corrected chi connectivity index (χ4v) is 2.68. The molecule has 0 saturated heterocycles. The summed E-state index contributed by atoms with van der Waals surface area (Å²) in [4.78, 5) is 37.1. The van der Waals surface area contributed by atoms with E-state index in [0.717, 1.165) is 0 Å². The van der Waals surface area contributed by atoms with Gasteiger partial charge in [-0.2, -0.15) is 0 Å². The van der Waals surface area contributed by atoms with Crippen molar-refractivity contribution >= 4 is 42.3 Å². The van der Waals surface area contributed by atoms with E-state index in [1.165, 1.54) is 12.3 Å². The van der Waals surface area contributed by atoms with Crippen molar-refractivity contribution in [2.45, 2.75) is 0 Å². The Bertz CT molecular complexity index is 903. The first-order valence-electron chi connectivity index (χ1n) is 6.80. The summed E-state index contributed by atoms with van der Waals surface area (Å²) in [6.45, 7) is 3.54. The van der Waals surface area contributed by atoms with Gasteiger partial charge in [0.05, 0.1) is 11.1 Å². The van der Waals surface area contributed by atoms with Crippen molar-refractivity contribution in [1.82, 2.24) is 0 Å². The van der Waals surface area contributed by atoms with Crippen LogP contribution in [0.4, 0.5) is 0 Å². The summed E-state index contributed by atoms with van der Waals surface area (Å²) in [5, 5.41) is 0.497. The molecule has 2 aromatic rings. The maximum Gasteiger partial charge on any atom is 0.238 e. The first-order chi connectivity index (χ1) is 11.0. The van der Waals surface area contributed by atoms with Gasteiger partial charge in [0.2, 0.25) is 11.6 Å². The Morgan fingerprint density at radius 3 is 2.43 bits per heavy atom. The van der Waals surface area contributed by atoms with Crippen molar-refractivity contribution < 1.29 is 18.8 Å². The molecule has 0 atom stereocenters. The Kier molecular flexibility index (Phi) is 3.66. The number of hydrogen-bond donors (Lipinski definition) is 0. The van der Waals surface area contributed by atoms with Gasteiger partial charge in [0, 0.05) is 16.2 Å². The first-order valence-corrected chi connectivity index (χ1v) is 7.18. The smallest absolute Gasteiger partial charge is 0.238 e. The molecule has 6 heteroatoms. The molecule has 0 spiro atoms. The summed E-state index contributed by atoms with van der Waals surface area (Å²) in [6, 6.07) is 6.26. The monoisotopic (exact) mass is 324 g/mol. The molecule has 0 aliphatic heterocycles. The Hall–Kier alpha value is -2.66. The van der Waals surface area contributed by atoms with E-state index in [4.69, 9.17) is 16.0 Å². The van der Waals surface area contributed by atoms with Crippen LogP contribution in [0.15, 0.2) is 53.2 Å². The minimum absolute atomic E-state index is 0.0121. The zero-order chi connectivity index (χ0) is 16.7. The van der Waals surface area contributed by atoms with Crippen LogP contribution in [0.3, 0.4) is 0 Å². The molecule has 0 radical (unpaired) electrons.